The highest BCUT2D eigenvalue weighted by atomic mass is 16.6. The van der Waals surface area contributed by atoms with Crippen LogP contribution in [0.15, 0.2) is 24.3 Å². The summed E-state index contributed by atoms with van der Waals surface area (Å²) in [5.41, 5.74) is 0.0248. The number of benzene rings is 1. The normalized spacial score (nSPS) is 9.71. The molecule has 0 aliphatic rings. The molecule has 0 aliphatic heterocycles. The van der Waals surface area contributed by atoms with E-state index in [1.807, 2.05) is 0 Å². The molecule has 0 atom stereocenters. The topological polar surface area (TPSA) is 80.7 Å². The molecule has 0 fully saturated rings. The third kappa shape index (κ3) is 3.71. The van der Waals surface area contributed by atoms with Crippen LogP contribution in [0.2, 0.25) is 0 Å². The Morgan fingerprint density at radius 3 is 2.47 bits per heavy atom. The fraction of sp³-hybridized carbons (Fsp3) is 0.250. The Labute approximate surface area is 98.0 Å². The maximum absolute atomic E-state index is 11.5. The van der Waals surface area contributed by atoms with Gasteiger partial charge in [0.05, 0.1) is 11.1 Å². The maximum atomic E-state index is 11.5. The molecule has 17 heavy (non-hydrogen) atoms. The fourth-order valence-electron chi connectivity index (χ4n) is 1.20. The third-order valence-electron chi connectivity index (χ3n) is 2.01. The van der Waals surface area contributed by atoms with Crippen LogP contribution in [-0.4, -0.2) is 23.0 Å². The van der Waals surface area contributed by atoms with Crippen LogP contribution in [0, 0.1) is 0 Å². The predicted octanol–water partition coefficient (Wildman–Crippen LogP) is 1.87. The number of carboxylic acids is 1. The second kappa shape index (κ2) is 5.79. The molecule has 1 N–H and O–H groups in total. The standard InChI is InChI=1S/C12H12O5/c1-2-4-10(13)17-12(16)9-6-3-5-8(7-9)11(14)15/h3,5-7H,2,4H2,1H3,(H,14,15). The highest BCUT2D eigenvalue weighted by molar-refractivity contribution is 5.98. The molecule has 5 heteroatoms. The summed E-state index contributed by atoms with van der Waals surface area (Å²) in [5.74, 6) is -2.58. The summed E-state index contributed by atoms with van der Waals surface area (Å²) in [6, 6.07) is 5.34. The average Bonchev–Trinajstić information content (AvgIpc) is 2.29. The smallest absolute Gasteiger partial charge is 0.345 e. The highest BCUT2D eigenvalue weighted by Crippen LogP contribution is 2.07. The zero-order valence-electron chi connectivity index (χ0n) is 9.30. The van der Waals surface area contributed by atoms with Crippen LogP contribution in [-0.2, 0) is 9.53 Å². The third-order valence-corrected chi connectivity index (χ3v) is 2.01. The first-order chi connectivity index (χ1) is 8.04. The Morgan fingerprint density at radius 1 is 1.24 bits per heavy atom. The Bertz CT molecular complexity index is 450. The van der Waals surface area contributed by atoms with Crippen molar-refractivity contribution in [3.8, 4) is 0 Å². The molecule has 0 saturated carbocycles. The molecule has 0 aliphatic carbocycles. The first kappa shape index (κ1) is 12.9. The summed E-state index contributed by atoms with van der Waals surface area (Å²) in [5, 5.41) is 8.74. The zero-order valence-corrected chi connectivity index (χ0v) is 9.30. The summed E-state index contributed by atoms with van der Waals surface area (Å²) in [7, 11) is 0. The second-order valence-electron chi connectivity index (χ2n) is 3.40. The van der Waals surface area contributed by atoms with Crippen molar-refractivity contribution in [3.63, 3.8) is 0 Å². The molecule has 90 valence electrons. The van der Waals surface area contributed by atoms with Gasteiger partial charge in [-0.1, -0.05) is 13.0 Å². The van der Waals surface area contributed by atoms with Crippen molar-refractivity contribution in [2.45, 2.75) is 19.8 Å². The number of carbonyl (C=O) groups is 3. The van der Waals surface area contributed by atoms with Gasteiger partial charge in [0.1, 0.15) is 0 Å². The number of ether oxygens (including phenoxy) is 1. The molecule has 0 spiro atoms. The van der Waals surface area contributed by atoms with Crippen LogP contribution in [0.3, 0.4) is 0 Å². The van der Waals surface area contributed by atoms with E-state index in [9.17, 15) is 14.4 Å². The van der Waals surface area contributed by atoms with Gasteiger partial charge in [0.2, 0.25) is 0 Å². The number of carbonyl (C=O) groups excluding carboxylic acids is 2. The quantitative estimate of drug-likeness (QED) is 0.637. The van der Waals surface area contributed by atoms with Gasteiger partial charge in [0.15, 0.2) is 0 Å². The van der Waals surface area contributed by atoms with Gasteiger partial charge >= 0.3 is 17.9 Å². The van der Waals surface area contributed by atoms with Gasteiger partial charge < -0.3 is 9.84 Å². The number of hydrogen-bond acceptors (Lipinski definition) is 4. The van der Waals surface area contributed by atoms with Crippen LogP contribution in [0.1, 0.15) is 40.5 Å². The minimum Gasteiger partial charge on any atom is -0.478 e. The van der Waals surface area contributed by atoms with Crippen LogP contribution in [0.4, 0.5) is 0 Å². The molecule has 0 amide bonds. The molecule has 0 heterocycles. The van der Waals surface area contributed by atoms with Crippen molar-refractivity contribution in [2.75, 3.05) is 0 Å². The monoisotopic (exact) mass is 236 g/mol. The van der Waals surface area contributed by atoms with Gasteiger partial charge in [-0.15, -0.1) is 0 Å². The summed E-state index contributed by atoms with van der Waals surface area (Å²) in [6.45, 7) is 1.79. The summed E-state index contributed by atoms with van der Waals surface area (Å²) < 4.78 is 4.54. The summed E-state index contributed by atoms with van der Waals surface area (Å²) in [6.07, 6.45) is 0.742. The molecular weight excluding hydrogens is 224 g/mol. The Balaban J connectivity index is 2.79. The van der Waals surface area contributed by atoms with Gasteiger partial charge in [0.25, 0.3) is 0 Å². The van der Waals surface area contributed by atoms with Crippen molar-refractivity contribution in [1.82, 2.24) is 0 Å². The number of carboxylic acid groups (broad SMARTS) is 1. The van der Waals surface area contributed by atoms with E-state index >= 15 is 0 Å². The average molecular weight is 236 g/mol. The largest absolute Gasteiger partial charge is 0.478 e. The first-order valence-electron chi connectivity index (χ1n) is 5.13. The number of hydrogen-bond donors (Lipinski definition) is 1. The van der Waals surface area contributed by atoms with E-state index in [0.717, 1.165) is 0 Å². The minimum atomic E-state index is -1.14. The van der Waals surface area contributed by atoms with E-state index in [4.69, 9.17) is 5.11 Å². The lowest BCUT2D eigenvalue weighted by Gasteiger charge is -2.02. The Morgan fingerprint density at radius 2 is 1.88 bits per heavy atom. The number of aromatic carboxylic acids is 1. The van der Waals surface area contributed by atoms with E-state index in [-0.39, 0.29) is 17.5 Å². The van der Waals surface area contributed by atoms with Crippen LogP contribution < -0.4 is 0 Å². The van der Waals surface area contributed by atoms with Crippen LogP contribution >= 0.6 is 0 Å². The van der Waals surface area contributed by atoms with E-state index < -0.39 is 17.9 Å². The molecular formula is C12H12O5. The fourth-order valence-corrected chi connectivity index (χ4v) is 1.20. The van der Waals surface area contributed by atoms with Gasteiger partial charge in [0, 0.05) is 6.42 Å². The van der Waals surface area contributed by atoms with Crippen molar-refractivity contribution in [2.24, 2.45) is 0 Å². The van der Waals surface area contributed by atoms with Crippen molar-refractivity contribution >= 4 is 17.9 Å². The van der Waals surface area contributed by atoms with Gasteiger partial charge in [-0.3, -0.25) is 4.79 Å². The van der Waals surface area contributed by atoms with E-state index in [0.29, 0.717) is 6.42 Å². The van der Waals surface area contributed by atoms with Gasteiger partial charge in [-0.25, -0.2) is 9.59 Å². The molecule has 0 radical (unpaired) electrons. The van der Waals surface area contributed by atoms with Crippen LogP contribution in [0.25, 0.3) is 0 Å². The minimum absolute atomic E-state index is 0.0256. The molecule has 0 aromatic heterocycles. The lowest BCUT2D eigenvalue weighted by Crippen LogP contribution is -2.12. The Hall–Kier alpha value is -2.17. The predicted molar refractivity (Wildman–Crippen MR) is 58.7 cm³/mol. The SMILES string of the molecule is CCCC(=O)OC(=O)c1cccc(C(=O)O)c1. The molecule has 0 bridgehead atoms. The molecule has 5 nitrogen and oxygen atoms in total. The highest BCUT2D eigenvalue weighted by Gasteiger charge is 2.13. The molecule has 1 rings (SSSR count). The molecule has 0 unspecified atom stereocenters. The zero-order chi connectivity index (χ0) is 12.8. The lowest BCUT2D eigenvalue weighted by atomic mass is 10.1. The van der Waals surface area contributed by atoms with Gasteiger partial charge in [-0.05, 0) is 24.6 Å². The van der Waals surface area contributed by atoms with Crippen molar-refractivity contribution < 1.29 is 24.2 Å². The molecule has 0 saturated heterocycles. The number of esters is 2. The molecule has 1 aromatic carbocycles. The lowest BCUT2D eigenvalue weighted by molar-refractivity contribution is -0.137. The van der Waals surface area contributed by atoms with Crippen molar-refractivity contribution in [3.05, 3.63) is 35.4 Å². The van der Waals surface area contributed by atoms with E-state index in [1.165, 1.54) is 24.3 Å². The summed E-state index contributed by atoms with van der Waals surface area (Å²) >= 11 is 0. The van der Waals surface area contributed by atoms with E-state index in [2.05, 4.69) is 4.74 Å². The number of rotatable bonds is 4. The van der Waals surface area contributed by atoms with Crippen LogP contribution in [0.5, 0.6) is 0 Å². The molecule has 1 aromatic rings. The summed E-state index contributed by atoms with van der Waals surface area (Å²) in [4.78, 5) is 33.2. The van der Waals surface area contributed by atoms with Crippen molar-refractivity contribution in [1.29, 1.82) is 0 Å². The Kier molecular flexibility index (Phi) is 4.39. The van der Waals surface area contributed by atoms with E-state index in [1.54, 1.807) is 6.92 Å². The maximum Gasteiger partial charge on any atom is 0.345 e. The van der Waals surface area contributed by atoms with Gasteiger partial charge in [-0.2, -0.15) is 0 Å². The second-order valence-corrected chi connectivity index (χ2v) is 3.40. The first-order valence-corrected chi connectivity index (χ1v) is 5.13.